The molecule has 0 aliphatic carbocycles. The average Bonchev–Trinajstić information content (AvgIpc) is 3.05. The van der Waals surface area contributed by atoms with Crippen molar-refractivity contribution in [2.24, 2.45) is 13.0 Å². The van der Waals surface area contributed by atoms with Crippen molar-refractivity contribution in [2.75, 3.05) is 13.1 Å². The molecule has 19 heavy (non-hydrogen) atoms. The van der Waals surface area contributed by atoms with E-state index in [1.807, 2.05) is 6.20 Å². The fourth-order valence-corrected chi connectivity index (χ4v) is 2.90. The van der Waals surface area contributed by atoms with Crippen molar-refractivity contribution in [1.29, 1.82) is 0 Å². The molecule has 0 spiro atoms. The topological polar surface area (TPSA) is 29.9 Å². The van der Waals surface area contributed by atoms with Crippen molar-refractivity contribution >= 4 is 0 Å². The van der Waals surface area contributed by atoms with Crippen molar-refractivity contribution in [3.05, 3.63) is 53.3 Å². The number of nitrogens with one attached hydrogen (secondary N) is 1. The quantitative estimate of drug-likeness (QED) is 0.907. The van der Waals surface area contributed by atoms with Crippen LogP contribution in [0.15, 0.2) is 36.5 Å². The van der Waals surface area contributed by atoms with Crippen molar-refractivity contribution in [2.45, 2.75) is 19.3 Å². The smallest absolute Gasteiger partial charge is 0.0527 e. The van der Waals surface area contributed by atoms with Crippen LogP contribution in [0.1, 0.15) is 23.2 Å². The van der Waals surface area contributed by atoms with Crippen molar-refractivity contribution in [1.82, 2.24) is 15.1 Å². The molecule has 1 aromatic carbocycles. The monoisotopic (exact) mass is 255 g/mol. The lowest BCUT2D eigenvalue weighted by Crippen LogP contribution is -2.13. The summed E-state index contributed by atoms with van der Waals surface area (Å²) in [6.45, 7) is 2.31. The first-order valence-electron chi connectivity index (χ1n) is 7.07. The van der Waals surface area contributed by atoms with Gasteiger partial charge in [-0.2, -0.15) is 5.10 Å². The molecule has 3 heteroatoms. The maximum absolute atomic E-state index is 4.45. The lowest BCUT2D eigenvalue weighted by atomic mass is 9.97. The molecule has 0 amide bonds. The van der Waals surface area contributed by atoms with Crippen molar-refractivity contribution in [3.8, 4) is 0 Å². The highest BCUT2D eigenvalue weighted by molar-refractivity contribution is 5.28. The molecule has 1 saturated heterocycles. The Hall–Kier alpha value is -1.61. The zero-order valence-corrected chi connectivity index (χ0v) is 11.5. The van der Waals surface area contributed by atoms with E-state index in [0.29, 0.717) is 0 Å². The molecule has 0 bridgehead atoms. The molecular formula is C16H21N3. The van der Waals surface area contributed by atoms with Gasteiger partial charge in [-0.15, -0.1) is 0 Å². The Balaban J connectivity index is 1.78. The fraction of sp³-hybridized carbons (Fsp3) is 0.438. The highest BCUT2D eigenvalue weighted by Crippen LogP contribution is 2.20. The molecule has 1 unspecified atom stereocenters. The van der Waals surface area contributed by atoms with E-state index in [-0.39, 0.29) is 0 Å². The van der Waals surface area contributed by atoms with Crippen LogP contribution in [0.25, 0.3) is 0 Å². The fourth-order valence-electron chi connectivity index (χ4n) is 2.90. The number of aryl methyl sites for hydroxylation is 1. The second-order valence-electron chi connectivity index (χ2n) is 5.47. The Labute approximate surface area is 114 Å². The van der Waals surface area contributed by atoms with Gasteiger partial charge in [-0.25, -0.2) is 0 Å². The minimum Gasteiger partial charge on any atom is -0.316 e. The van der Waals surface area contributed by atoms with Gasteiger partial charge in [0.05, 0.1) is 6.20 Å². The molecule has 1 fully saturated rings. The molecule has 1 N–H and O–H groups in total. The van der Waals surface area contributed by atoms with Crippen molar-refractivity contribution < 1.29 is 0 Å². The molecule has 1 atom stereocenters. The molecule has 3 nitrogen and oxygen atoms in total. The van der Waals surface area contributed by atoms with Crippen molar-refractivity contribution in [3.63, 3.8) is 0 Å². The zero-order chi connectivity index (χ0) is 13.1. The van der Waals surface area contributed by atoms with E-state index in [1.165, 1.54) is 23.2 Å². The van der Waals surface area contributed by atoms with Gasteiger partial charge >= 0.3 is 0 Å². The Kier molecular flexibility index (Phi) is 3.65. The van der Waals surface area contributed by atoms with Gasteiger partial charge in [0, 0.05) is 19.2 Å². The van der Waals surface area contributed by atoms with Crippen LogP contribution in [0.5, 0.6) is 0 Å². The molecule has 100 valence electrons. The van der Waals surface area contributed by atoms with Crippen LogP contribution in [0.4, 0.5) is 0 Å². The van der Waals surface area contributed by atoms with Crippen LogP contribution >= 0.6 is 0 Å². The third kappa shape index (κ3) is 2.87. The second kappa shape index (κ2) is 5.57. The normalized spacial score (nSPS) is 18.9. The first-order chi connectivity index (χ1) is 9.33. The van der Waals surface area contributed by atoms with Gasteiger partial charge < -0.3 is 5.32 Å². The van der Waals surface area contributed by atoms with Gasteiger partial charge in [-0.05, 0) is 43.0 Å². The molecule has 0 saturated carbocycles. The Bertz CT molecular complexity index is 524. The third-order valence-corrected chi connectivity index (χ3v) is 4.03. The molecular weight excluding hydrogens is 234 g/mol. The number of hydrogen-bond acceptors (Lipinski definition) is 2. The minimum atomic E-state index is 0.768. The van der Waals surface area contributed by atoms with E-state index in [9.17, 15) is 0 Å². The number of nitrogens with zero attached hydrogens (tertiary/aromatic N) is 2. The van der Waals surface area contributed by atoms with E-state index in [0.717, 1.165) is 31.8 Å². The number of aromatic nitrogens is 2. The summed E-state index contributed by atoms with van der Waals surface area (Å²) in [6.07, 6.45) is 5.45. The van der Waals surface area contributed by atoms with E-state index in [1.54, 1.807) is 0 Å². The van der Waals surface area contributed by atoms with E-state index in [4.69, 9.17) is 0 Å². The Morgan fingerprint density at radius 3 is 2.89 bits per heavy atom. The summed E-state index contributed by atoms with van der Waals surface area (Å²) in [5.74, 6) is 0.768. The largest absolute Gasteiger partial charge is 0.316 e. The summed E-state index contributed by atoms with van der Waals surface area (Å²) in [4.78, 5) is 0. The summed E-state index contributed by atoms with van der Waals surface area (Å²) in [7, 11) is 2.06. The molecule has 1 aromatic heterocycles. The predicted octanol–water partition coefficient (Wildman–Crippen LogP) is 2.16. The Morgan fingerprint density at radius 1 is 1.32 bits per heavy atom. The molecule has 0 radical (unpaired) electrons. The van der Waals surface area contributed by atoms with Gasteiger partial charge in [0.15, 0.2) is 0 Å². The lowest BCUT2D eigenvalue weighted by molar-refractivity contribution is 0.546. The van der Waals surface area contributed by atoms with Gasteiger partial charge in [-0.1, -0.05) is 30.3 Å². The van der Waals surface area contributed by atoms with Crippen LogP contribution in [-0.2, 0) is 19.9 Å². The Morgan fingerprint density at radius 2 is 2.16 bits per heavy atom. The summed E-state index contributed by atoms with van der Waals surface area (Å²) in [6, 6.07) is 10.7. The molecule has 2 aromatic rings. The maximum Gasteiger partial charge on any atom is 0.0527 e. The molecule has 2 heterocycles. The van der Waals surface area contributed by atoms with Gasteiger partial charge in [-0.3, -0.25) is 4.68 Å². The summed E-state index contributed by atoms with van der Waals surface area (Å²) < 4.78 is 2.05. The summed E-state index contributed by atoms with van der Waals surface area (Å²) in [5.41, 5.74) is 4.14. The SMILES string of the molecule is Cn1ncc(Cc2ccccc2)c1CC1CCNC1. The molecule has 1 aliphatic rings. The highest BCUT2D eigenvalue weighted by atomic mass is 15.3. The first-order valence-corrected chi connectivity index (χ1v) is 7.07. The predicted molar refractivity (Wildman–Crippen MR) is 77.1 cm³/mol. The van der Waals surface area contributed by atoms with Gasteiger partial charge in [0.2, 0.25) is 0 Å². The van der Waals surface area contributed by atoms with Crippen LogP contribution in [0.3, 0.4) is 0 Å². The van der Waals surface area contributed by atoms with E-state index in [2.05, 4.69) is 52.5 Å². The highest BCUT2D eigenvalue weighted by Gasteiger charge is 2.19. The third-order valence-electron chi connectivity index (χ3n) is 4.03. The van der Waals surface area contributed by atoms with Crippen LogP contribution in [0.2, 0.25) is 0 Å². The van der Waals surface area contributed by atoms with E-state index < -0.39 is 0 Å². The maximum atomic E-state index is 4.45. The number of benzene rings is 1. The second-order valence-corrected chi connectivity index (χ2v) is 5.47. The average molecular weight is 255 g/mol. The van der Waals surface area contributed by atoms with Gasteiger partial charge in [0.25, 0.3) is 0 Å². The summed E-state index contributed by atoms with van der Waals surface area (Å²) >= 11 is 0. The van der Waals surface area contributed by atoms with Crippen LogP contribution in [0, 0.1) is 5.92 Å². The first kappa shape index (κ1) is 12.4. The number of rotatable bonds is 4. The molecule has 1 aliphatic heterocycles. The number of hydrogen-bond donors (Lipinski definition) is 1. The summed E-state index contributed by atoms with van der Waals surface area (Å²) in [5, 5.41) is 7.89. The minimum absolute atomic E-state index is 0.768. The van der Waals surface area contributed by atoms with Crippen LogP contribution < -0.4 is 5.32 Å². The molecule has 3 rings (SSSR count). The van der Waals surface area contributed by atoms with Crippen LogP contribution in [-0.4, -0.2) is 22.9 Å². The standard InChI is InChI=1S/C16H21N3/c1-19-16(10-14-7-8-17-11-14)15(12-18-19)9-13-5-3-2-4-6-13/h2-6,12,14,17H,7-11H2,1H3. The van der Waals surface area contributed by atoms with E-state index >= 15 is 0 Å². The van der Waals surface area contributed by atoms with Gasteiger partial charge in [0.1, 0.15) is 0 Å². The lowest BCUT2D eigenvalue weighted by Gasteiger charge is -2.11. The zero-order valence-electron chi connectivity index (χ0n) is 11.5.